The molecule has 0 unspecified atom stereocenters. The zero-order valence-electron chi connectivity index (χ0n) is 11.8. The molecule has 0 radical (unpaired) electrons. The van der Waals surface area contributed by atoms with E-state index in [2.05, 4.69) is 29.0 Å². The Morgan fingerprint density at radius 2 is 2.47 bits per heavy atom. The van der Waals surface area contributed by atoms with Crippen molar-refractivity contribution in [1.82, 2.24) is 15.2 Å². The van der Waals surface area contributed by atoms with E-state index in [9.17, 15) is 4.79 Å². The van der Waals surface area contributed by atoms with Crippen molar-refractivity contribution in [2.24, 2.45) is 5.92 Å². The molecule has 1 fully saturated rings. The van der Waals surface area contributed by atoms with Gasteiger partial charge in [-0.3, -0.25) is 9.69 Å². The van der Waals surface area contributed by atoms with Gasteiger partial charge in [-0.1, -0.05) is 13.8 Å². The van der Waals surface area contributed by atoms with Crippen molar-refractivity contribution < 1.29 is 4.79 Å². The van der Waals surface area contributed by atoms with Gasteiger partial charge in [-0.15, -0.1) is 11.3 Å². The molecule has 2 heterocycles. The Labute approximate surface area is 119 Å². The van der Waals surface area contributed by atoms with Crippen LogP contribution in [-0.2, 0) is 11.2 Å². The number of aromatic nitrogens is 1. The molecule has 0 spiro atoms. The van der Waals surface area contributed by atoms with Gasteiger partial charge >= 0.3 is 0 Å². The van der Waals surface area contributed by atoms with Gasteiger partial charge in [0.05, 0.1) is 17.6 Å². The van der Waals surface area contributed by atoms with Crippen molar-refractivity contribution in [1.29, 1.82) is 0 Å². The summed E-state index contributed by atoms with van der Waals surface area (Å²) in [4.78, 5) is 18.5. The van der Waals surface area contributed by atoms with Crippen LogP contribution in [-0.4, -0.2) is 41.5 Å². The molecule has 1 amide bonds. The van der Waals surface area contributed by atoms with Crippen molar-refractivity contribution in [3.63, 3.8) is 0 Å². The number of nitrogens with one attached hydrogen (secondary N) is 1. The highest BCUT2D eigenvalue weighted by atomic mass is 32.1. The minimum atomic E-state index is 0.0855. The van der Waals surface area contributed by atoms with Crippen LogP contribution in [0.5, 0.6) is 0 Å². The van der Waals surface area contributed by atoms with Gasteiger partial charge in [-0.25, -0.2) is 4.98 Å². The topological polar surface area (TPSA) is 45.2 Å². The average Bonchev–Trinajstić information content (AvgIpc) is 2.97. The second kappa shape index (κ2) is 7.01. The molecule has 1 atom stereocenters. The lowest BCUT2D eigenvalue weighted by Crippen LogP contribution is -2.42. The lowest BCUT2D eigenvalue weighted by Gasteiger charge is -2.26. The molecule has 2 rings (SSSR count). The highest BCUT2D eigenvalue weighted by Gasteiger charge is 2.25. The molecule has 1 aromatic rings. The summed E-state index contributed by atoms with van der Waals surface area (Å²) < 4.78 is 0. The molecule has 0 aliphatic carbocycles. The van der Waals surface area contributed by atoms with E-state index in [0.717, 1.165) is 18.8 Å². The first kappa shape index (κ1) is 14.5. The summed E-state index contributed by atoms with van der Waals surface area (Å²) in [5.41, 5.74) is 2.64. The van der Waals surface area contributed by atoms with E-state index in [4.69, 9.17) is 0 Å². The number of thiazole rings is 1. The van der Waals surface area contributed by atoms with Crippen LogP contribution in [0.4, 0.5) is 0 Å². The Kier molecular flexibility index (Phi) is 5.34. The highest BCUT2D eigenvalue weighted by molar-refractivity contribution is 7.07. The molecule has 19 heavy (non-hydrogen) atoms. The Hall–Kier alpha value is -0.940. The van der Waals surface area contributed by atoms with E-state index in [0.29, 0.717) is 18.4 Å². The zero-order chi connectivity index (χ0) is 13.7. The summed E-state index contributed by atoms with van der Waals surface area (Å²) in [6.45, 7) is 7.57. The van der Waals surface area contributed by atoms with E-state index in [1.165, 1.54) is 30.7 Å². The van der Waals surface area contributed by atoms with Crippen molar-refractivity contribution in [2.75, 3.05) is 19.6 Å². The minimum Gasteiger partial charge on any atom is -0.354 e. The standard InChI is InChI=1S/C14H23N3OS/c1-11(2)8-17-5-3-4-13(17)7-15-14(18)6-12-9-19-10-16-12/h9-11,13H,3-8H2,1-2H3,(H,15,18)/t13-/m1/s1. The molecule has 0 saturated carbocycles. The summed E-state index contributed by atoms with van der Waals surface area (Å²) >= 11 is 1.53. The van der Waals surface area contributed by atoms with Crippen molar-refractivity contribution in [3.05, 3.63) is 16.6 Å². The quantitative estimate of drug-likeness (QED) is 0.866. The number of rotatable bonds is 6. The predicted molar refractivity (Wildman–Crippen MR) is 78.3 cm³/mol. The van der Waals surface area contributed by atoms with Gasteiger partial charge in [0.15, 0.2) is 0 Å². The van der Waals surface area contributed by atoms with Gasteiger partial charge in [0.2, 0.25) is 5.91 Å². The molecular weight excluding hydrogens is 258 g/mol. The molecule has 1 saturated heterocycles. The molecule has 1 N–H and O–H groups in total. The summed E-state index contributed by atoms with van der Waals surface area (Å²) in [6.07, 6.45) is 2.85. The molecule has 1 aromatic heterocycles. The van der Waals surface area contributed by atoms with Crippen LogP contribution in [0.3, 0.4) is 0 Å². The summed E-state index contributed by atoms with van der Waals surface area (Å²) in [5.74, 6) is 0.772. The summed E-state index contributed by atoms with van der Waals surface area (Å²) in [6, 6.07) is 0.516. The lowest BCUT2D eigenvalue weighted by molar-refractivity contribution is -0.120. The maximum atomic E-state index is 11.8. The first-order valence-corrected chi connectivity index (χ1v) is 7.97. The number of nitrogens with zero attached hydrogens (tertiary/aromatic N) is 2. The predicted octanol–water partition coefficient (Wildman–Crippen LogP) is 1.92. The van der Waals surface area contributed by atoms with Crippen LogP contribution in [0.25, 0.3) is 0 Å². The van der Waals surface area contributed by atoms with Crippen molar-refractivity contribution in [3.8, 4) is 0 Å². The van der Waals surface area contributed by atoms with Crippen LogP contribution in [0.1, 0.15) is 32.4 Å². The monoisotopic (exact) mass is 281 g/mol. The maximum absolute atomic E-state index is 11.8. The molecule has 0 bridgehead atoms. The number of likely N-dealkylation sites (tertiary alicyclic amines) is 1. The molecule has 0 aromatic carbocycles. The Bertz CT molecular complexity index is 391. The molecule has 1 aliphatic heterocycles. The first-order chi connectivity index (χ1) is 9.15. The largest absolute Gasteiger partial charge is 0.354 e. The van der Waals surface area contributed by atoms with Crippen LogP contribution in [0.15, 0.2) is 10.9 Å². The molecule has 1 aliphatic rings. The highest BCUT2D eigenvalue weighted by Crippen LogP contribution is 2.17. The third kappa shape index (κ3) is 4.58. The fraction of sp³-hybridized carbons (Fsp3) is 0.714. The van der Waals surface area contributed by atoms with Gasteiger partial charge in [-0.05, 0) is 25.3 Å². The van der Waals surface area contributed by atoms with Gasteiger partial charge in [-0.2, -0.15) is 0 Å². The van der Waals surface area contributed by atoms with Gasteiger partial charge in [0.25, 0.3) is 0 Å². The van der Waals surface area contributed by atoms with Crippen LogP contribution >= 0.6 is 11.3 Å². The fourth-order valence-electron chi connectivity index (χ4n) is 2.62. The van der Waals surface area contributed by atoms with Crippen molar-refractivity contribution in [2.45, 2.75) is 39.2 Å². The first-order valence-electron chi connectivity index (χ1n) is 7.03. The van der Waals surface area contributed by atoms with E-state index in [1.807, 2.05) is 5.38 Å². The number of carbonyl (C=O) groups excluding carboxylic acids is 1. The van der Waals surface area contributed by atoms with E-state index in [1.54, 1.807) is 5.51 Å². The van der Waals surface area contributed by atoms with Crippen molar-refractivity contribution >= 4 is 17.2 Å². The Balaban J connectivity index is 1.73. The Morgan fingerprint density at radius 3 is 3.16 bits per heavy atom. The fourth-order valence-corrected chi connectivity index (χ4v) is 3.18. The smallest absolute Gasteiger partial charge is 0.226 e. The van der Waals surface area contributed by atoms with E-state index in [-0.39, 0.29) is 5.91 Å². The van der Waals surface area contributed by atoms with Gasteiger partial charge in [0, 0.05) is 24.5 Å². The molecule has 4 nitrogen and oxygen atoms in total. The average molecular weight is 281 g/mol. The van der Waals surface area contributed by atoms with Crippen LogP contribution < -0.4 is 5.32 Å². The molecule has 5 heteroatoms. The number of hydrogen-bond acceptors (Lipinski definition) is 4. The zero-order valence-corrected chi connectivity index (χ0v) is 12.6. The second-order valence-corrected chi connectivity index (χ2v) is 6.36. The second-order valence-electron chi connectivity index (χ2n) is 5.65. The SMILES string of the molecule is CC(C)CN1CCC[C@@H]1CNC(=O)Cc1cscn1. The van der Waals surface area contributed by atoms with Crippen LogP contribution in [0.2, 0.25) is 0 Å². The van der Waals surface area contributed by atoms with Gasteiger partial charge in [0.1, 0.15) is 0 Å². The Morgan fingerprint density at radius 1 is 1.63 bits per heavy atom. The maximum Gasteiger partial charge on any atom is 0.226 e. The third-order valence-corrected chi connectivity index (χ3v) is 4.09. The van der Waals surface area contributed by atoms with Crippen LogP contribution in [0, 0.1) is 5.92 Å². The number of hydrogen-bond donors (Lipinski definition) is 1. The van der Waals surface area contributed by atoms with E-state index < -0.39 is 0 Å². The summed E-state index contributed by atoms with van der Waals surface area (Å²) in [5, 5.41) is 4.98. The minimum absolute atomic E-state index is 0.0855. The molecular formula is C14H23N3OS. The van der Waals surface area contributed by atoms with Gasteiger partial charge < -0.3 is 5.32 Å². The van der Waals surface area contributed by atoms with E-state index >= 15 is 0 Å². The lowest BCUT2D eigenvalue weighted by atomic mass is 10.1. The number of amides is 1. The molecule has 106 valence electrons. The normalized spacial score (nSPS) is 20.1. The number of carbonyl (C=O) groups is 1. The summed E-state index contributed by atoms with van der Waals surface area (Å²) in [7, 11) is 0. The third-order valence-electron chi connectivity index (χ3n) is 3.46.